The van der Waals surface area contributed by atoms with Crippen molar-refractivity contribution in [3.8, 4) is 0 Å². The Bertz CT molecular complexity index is 684. The van der Waals surface area contributed by atoms with E-state index in [0.29, 0.717) is 37.6 Å². The molecule has 0 aromatic carbocycles. The molecule has 8 nitrogen and oxygen atoms in total. The zero-order valence-electron chi connectivity index (χ0n) is 14.5. The number of aryl methyl sites for hydroxylation is 2. The van der Waals surface area contributed by atoms with Crippen molar-refractivity contribution in [2.45, 2.75) is 32.6 Å². The fourth-order valence-corrected chi connectivity index (χ4v) is 2.79. The molecule has 0 radical (unpaired) electrons. The van der Waals surface area contributed by atoms with Crippen molar-refractivity contribution >= 4 is 11.9 Å². The molecule has 0 unspecified atom stereocenters. The molecule has 24 heavy (non-hydrogen) atoms. The molecule has 0 N–H and O–H groups in total. The van der Waals surface area contributed by atoms with Gasteiger partial charge in [0, 0.05) is 64.4 Å². The van der Waals surface area contributed by atoms with E-state index in [0.717, 1.165) is 19.0 Å². The molecule has 8 heteroatoms. The van der Waals surface area contributed by atoms with Gasteiger partial charge in [0.05, 0.1) is 0 Å². The fraction of sp³-hybridized carbons (Fsp3) is 0.625. The SMILES string of the molecule is CC(C)c1noc(CCC(=O)N2CCN(c3nccn3C)CC2)n1. The highest BCUT2D eigenvalue weighted by Gasteiger charge is 2.23. The minimum atomic E-state index is 0.138. The summed E-state index contributed by atoms with van der Waals surface area (Å²) in [6.45, 7) is 7.06. The standard InChI is InChI=1S/C16H24N6O2/c1-12(2)15-18-13(24-19-15)4-5-14(23)21-8-10-22(11-9-21)16-17-6-7-20(16)3/h6-7,12H,4-5,8-11H2,1-3H3. The molecule has 3 rings (SSSR count). The lowest BCUT2D eigenvalue weighted by Crippen LogP contribution is -2.49. The molecule has 0 aliphatic carbocycles. The van der Waals surface area contributed by atoms with Gasteiger partial charge < -0.3 is 18.9 Å². The van der Waals surface area contributed by atoms with Crippen LogP contribution in [-0.2, 0) is 18.3 Å². The maximum absolute atomic E-state index is 12.4. The maximum atomic E-state index is 12.4. The van der Waals surface area contributed by atoms with Crippen molar-refractivity contribution in [1.82, 2.24) is 24.6 Å². The molecule has 1 amide bonds. The number of hydrogen-bond acceptors (Lipinski definition) is 6. The number of amides is 1. The Hall–Kier alpha value is -2.38. The second-order valence-corrected chi connectivity index (χ2v) is 6.41. The van der Waals surface area contributed by atoms with Crippen LogP contribution in [0.25, 0.3) is 0 Å². The van der Waals surface area contributed by atoms with Crippen LogP contribution in [0, 0.1) is 0 Å². The molecule has 2 aromatic rings. The zero-order chi connectivity index (χ0) is 17.1. The summed E-state index contributed by atoms with van der Waals surface area (Å²) in [6, 6.07) is 0. The molecular formula is C16H24N6O2. The van der Waals surface area contributed by atoms with Gasteiger partial charge in [-0.3, -0.25) is 4.79 Å². The van der Waals surface area contributed by atoms with Crippen LogP contribution < -0.4 is 4.90 Å². The maximum Gasteiger partial charge on any atom is 0.227 e. The molecule has 2 aromatic heterocycles. The van der Waals surface area contributed by atoms with Crippen molar-refractivity contribution < 1.29 is 9.32 Å². The molecule has 3 heterocycles. The highest BCUT2D eigenvalue weighted by molar-refractivity contribution is 5.76. The Kier molecular flexibility index (Phi) is 4.82. The number of carbonyl (C=O) groups is 1. The third-order valence-electron chi connectivity index (χ3n) is 4.26. The van der Waals surface area contributed by atoms with E-state index in [-0.39, 0.29) is 11.8 Å². The Morgan fingerprint density at radius 2 is 2.04 bits per heavy atom. The van der Waals surface area contributed by atoms with E-state index < -0.39 is 0 Å². The summed E-state index contributed by atoms with van der Waals surface area (Å²) in [6.07, 6.45) is 4.63. The van der Waals surface area contributed by atoms with Crippen LogP contribution in [-0.4, -0.2) is 56.7 Å². The first-order valence-electron chi connectivity index (χ1n) is 8.37. The topological polar surface area (TPSA) is 80.3 Å². The predicted octanol–water partition coefficient (Wildman–Crippen LogP) is 1.21. The number of aromatic nitrogens is 4. The zero-order valence-corrected chi connectivity index (χ0v) is 14.5. The first-order valence-corrected chi connectivity index (χ1v) is 8.37. The first kappa shape index (κ1) is 16.5. The third kappa shape index (κ3) is 3.58. The fourth-order valence-electron chi connectivity index (χ4n) is 2.79. The summed E-state index contributed by atoms with van der Waals surface area (Å²) in [7, 11) is 1.98. The average Bonchev–Trinajstić information content (AvgIpc) is 3.22. The average molecular weight is 332 g/mol. The van der Waals surface area contributed by atoms with E-state index in [9.17, 15) is 4.79 Å². The number of piperazine rings is 1. The number of carbonyl (C=O) groups excluding carboxylic acids is 1. The van der Waals surface area contributed by atoms with Crippen LogP contribution in [0.2, 0.25) is 0 Å². The molecule has 0 bridgehead atoms. The van der Waals surface area contributed by atoms with E-state index in [1.54, 1.807) is 6.20 Å². The van der Waals surface area contributed by atoms with Crippen molar-refractivity contribution in [2.75, 3.05) is 31.1 Å². The van der Waals surface area contributed by atoms with E-state index in [1.807, 2.05) is 36.6 Å². The Morgan fingerprint density at radius 1 is 1.29 bits per heavy atom. The van der Waals surface area contributed by atoms with E-state index in [4.69, 9.17) is 4.52 Å². The minimum absolute atomic E-state index is 0.138. The third-order valence-corrected chi connectivity index (χ3v) is 4.26. The molecule has 1 aliphatic rings. The first-order chi connectivity index (χ1) is 11.5. The monoisotopic (exact) mass is 332 g/mol. The van der Waals surface area contributed by atoms with Gasteiger partial charge in [-0.05, 0) is 0 Å². The van der Waals surface area contributed by atoms with Crippen LogP contribution in [0.4, 0.5) is 5.95 Å². The summed E-state index contributed by atoms with van der Waals surface area (Å²) >= 11 is 0. The lowest BCUT2D eigenvalue weighted by atomic mass is 10.2. The summed E-state index contributed by atoms with van der Waals surface area (Å²) < 4.78 is 7.19. The largest absolute Gasteiger partial charge is 0.339 e. The van der Waals surface area contributed by atoms with Crippen LogP contribution in [0.1, 0.15) is 37.9 Å². The van der Waals surface area contributed by atoms with Crippen molar-refractivity contribution in [2.24, 2.45) is 7.05 Å². The minimum Gasteiger partial charge on any atom is -0.339 e. The summed E-state index contributed by atoms with van der Waals surface area (Å²) in [5.74, 6) is 2.56. The molecular weight excluding hydrogens is 308 g/mol. The Balaban J connectivity index is 1.47. The molecule has 130 valence electrons. The van der Waals surface area contributed by atoms with Gasteiger partial charge in [0.1, 0.15) is 0 Å². The van der Waals surface area contributed by atoms with Crippen LogP contribution >= 0.6 is 0 Å². The van der Waals surface area contributed by atoms with Gasteiger partial charge in [0.2, 0.25) is 17.7 Å². The lowest BCUT2D eigenvalue weighted by molar-refractivity contribution is -0.131. The van der Waals surface area contributed by atoms with Crippen molar-refractivity contribution in [3.63, 3.8) is 0 Å². The number of anilines is 1. The van der Waals surface area contributed by atoms with Gasteiger partial charge in [-0.25, -0.2) is 4.98 Å². The second-order valence-electron chi connectivity index (χ2n) is 6.41. The highest BCUT2D eigenvalue weighted by atomic mass is 16.5. The van der Waals surface area contributed by atoms with Gasteiger partial charge in [-0.2, -0.15) is 4.98 Å². The quantitative estimate of drug-likeness (QED) is 0.819. The van der Waals surface area contributed by atoms with E-state index >= 15 is 0 Å². The van der Waals surface area contributed by atoms with Crippen LogP contribution in [0.5, 0.6) is 0 Å². The summed E-state index contributed by atoms with van der Waals surface area (Å²) in [5.41, 5.74) is 0. The normalized spacial score (nSPS) is 15.3. The summed E-state index contributed by atoms with van der Waals surface area (Å²) in [4.78, 5) is 25.2. The van der Waals surface area contributed by atoms with E-state index in [1.165, 1.54) is 0 Å². The van der Waals surface area contributed by atoms with Gasteiger partial charge in [0.15, 0.2) is 5.82 Å². The molecule has 0 saturated carbocycles. The van der Waals surface area contributed by atoms with E-state index in [2.05, 4.69) is 20.0 Å². The predicted molar refractivity (Wildman–Crippen MR) is 88.7 cm³/mol. The van der Waals surface area contributed by atoms with Crippen molar-refractivity contribution in [1.29, 1.82) is 0 Å². The van der Waals surface area contributed by atoms with Crippen LogP contribution in [0.15, 0.2) is 16.9 Å². The van der Waals surface area contributed by atoms with Gasteiger partial charge in [-0.1, -0.05) is 19.0 Å². The number of imidazole rings is 1. The van der Waals surface area contributed by atoms with Crippen molar-refractivity contribution in [3.05, 3.63) is 24.1 Å². The molecule has 0 spiro atoms. The van der Waals surface area contributed by atoms with Gasteiger partial charge >= 0.3 is 0 Å². The lowest BCUT2D eigenvalue weighted by Gasteiger charge is -2.35. The van der Waals surface area contributed by atoms with Gasteiger partial charge in [0.25, 0.3) is 0 Å². The molecule has 1 aliphatic heterocycles. The summed E-state index contributed by atoms with van der Waals surface area (Å²) in [5, 5.41) is 3.93. The Labute approximate surface area is 141 Å². The highest BCUT2D eigenvalue weighted by Crippen LogP contribution is 2.14. The van der Waals surface area contributed by atoms with Gasteiger partial charge in [-0.15, -0.1) is 0 Å². The Morgan fingerprint density at radius 3 is 2.62 bits per heavy atom. The number of hydrogen-bond donors (Lipinski definition) is 0. The molecule has 1 fully saturated rings. The second kappa shape index (κ2) is 7.02. The molecule has 1 saturated heterocycles. The van der Waals surface area contributed by atoms with Crippen LogP contribution in [0.3, 0.4) is 0 Å². The molecule has 0 atom stereocenters. The number of nitrogens with zero attached hydrogens (tertiary/aromatic N) is 6. The smallest absolute Gasteiger partial charge is 0.227 e. The number of rotatable bonds is 5.